The summed E-state index contributed by atoms with van der Waals surface area (Å²) in [5.41, 5.74) is 8.36. The normalized spacial score (nSPS) is 12.2. The van der Waals surface area contributed by atoms with E-state index in [1.807, 2.05) is 42.5 Å². The van der Waals surface area contributed by atoms with Crippen LogP contribution in [0.1, 0.15) is 17.2 Å². The van der Waals surface area contributed by atoms with E-state index in [0.717, 1.165) is 21.3 Å². The van der Waals surface area contributed by atoms with Crippen LogP contribution < -0.4 is 10.5 Å². The quantitative estimate of drug-likeness (QED) is 0.898. The number of ether oxygens (including phenoxy) is 1. The zero-order valence-corrected chi connectivity index (χ0v) is 12.9. The van der Waals surface area contributed by atoms with E-state index in [0.29, 0.717) is 11.4 Å². The highest BCUT2D eigenvalue weighted by molar-refractivity contribution is 9.10. The zero-order valence-electron chi connectivity index (χ0n) is 10.6. The summed E-state index contributed by atoms with van der Waals surface area (Å²) >= 11 is 9.53. The molecule has 0 aromatic heterocycles. The molecule has 1 atom stereocenters. The third kappa shape index (κ3) is 3.50. The van der Waals surface area contributed by atoms with Crippen molar-refractivity contribution in [3.8, 4) is 5.75 Å². The van der Waals surface area contributed by atoms with E-state index in [1.165, 1.54) is 0 Å². The molecule has 2 aromatic carbocycles. The zero-order chi connectivity index (χ0) is 13.8. The molecule has 4 heteroatoms. The predicted octanol–water partition coefficient (Wildman–Crippen LogP) is 4.35. The fourth-order valence-corrected chi connectivity index (χ4v) is 2.74. The summed E-state index contributed by atoms with van der Waals surface area (Å²) in [5.74, 6) is 0.858. The largest absolute Gasteiger partial charge is 0.496 e. The fraction of sp³-hybridized carbons (Fsp3) is 0.200. The van der Waals surface area contributed by atoms with Crippen molar-refractivity contribution in [1.29, 1.82) is 0 Å². The van der Waals surface area contributed by atoms with Gasteiger partial charge in [-0.05, 0) is 41.8 Å². The van der Waals surface area contributed by atoms with Crippen LogP contribution in [0.15, 0.2) is 46.9 Å². The summed E-state index contributed by atoms with van der Waals surface area (Å²) < 4.78 is 6.31. The molecule has 0 fully saturated rings. The van der Waals surface area contributed by atoms with Gasteiger partial charge >= 0.3 is 0 Å². The van der Waals surface area contributed by atoms with E-state index in [4.69, 9.17) is 22.1 Å². The van der Waals surface area contributed by atoms with Gasteiger partial charge in [-0.3, -0.25) is 0 Å². The van der Waals surface area contributed by atoms with Crippen LogP contribution >= 0.6 is 27.5 Å². The van der Waals surface area contributed by atoms with E-state index in [9.17, 15) is 0 Å². The molecule has 0 amide bonds. The van der Waals surface area contributed by atoms with E-state index >= 15 is 0 Å². The maximum atomic E-state index is 6.28. The van der Waals surface area contributed by atoms with Crippen LogP contribution in [0, 0.1) is 0 Å². The van der Waals surface area contributed by atoms with Gasteiger partial charge in [0.25, 0.3) is 0 Å². The summed E-state index contributed by atoms with van der Waals surface area (Å²) in [5, 5.41) is 0.689. The number of para-hydroxylation sites is 1. The monoisotopic (exact) mass is 339 g/mol. The molecule has 19 heavy (non-hydrogen) atoms. The lowest BCUT2D eigenvalue weighted by atomic mass is 9.99. The molecule has 0 saturated carbocycles. The number of rotatable bonds is 4. The Morgan fingerprint density at radius 3 is 2.74 bits per heavy atom. The fourth-order valence-electron chi connectivity index (χ4n) is 2.02. The Bertz CT molecular complexity index is 574. The van der Waals surface area contributed by atoms with Crippen molar-refractivity contribution in [2.75, 3.05) is 7.11 Å². The van der Waals surface area contributed by atoms with Crippen LogP contribution in [-0.2, 0) is 6.42 Å². The number of methoxy groups -OCH3 is 1. The van der Waals surface area contributed by atoms with Crippen LogP contribution in [0.25, 0.3) is 0 Å². The first-order valence-corrected chi connectivity index (χ1v) is 7.11. The molecule has 1 unspecified atom stereocenters. The molecule has 2 rings (SSSR count). The molecular weight excluding hydrogens is 326 g/mol. The molecule has 0 heterocycles. The molecule has 0 aliphatic heterocycles. The maximum Gasteiger partial charge on any atom is 0.122 e. The molecule has 2 N–H and O–H groups in total. The Balaban J connectivity index is 2.25. The van der Waals surface area contributed by atoms with Gasteiger partial charge in [-0.25, -0.2) is 0 Å². The van der Waals surface area contributed by atoms with Crippen LogP contribution in [-0.4, -0.2) is 7.11 Å². The SMILES string of the molecule is COc1ccccc1CC(N)c1cc(Cl)ccc1Br. The molecule has 0 saturated heterocycles. The Hall–Kier alpha value is -1.03. The van der Waals surface area contributed by atoms with Crippen molar-refractivity contribution in [1.82, 2.24) is 0 Å². The first kappa shape index (κ1) is 14.4. The first-order valence-electron chi connectivity index (χ1n) is 5.94. The van der Waals surface area contributed by atoms with Gasteiger partial charge in [0, 0.05) is 15.5 Å². The second kappa shape index (κ2) is 6.42. The lowest BCUT2D eigenvalue weighted by molar-refractivity contribution is 0.408. The van der Waals surface area contributed by atoms with Gasteiger partial charge in [-0.2, -0.15) is 0 Å². The highest BCUT2D eigenvalue weighted by atomic mass is 79.9. The van der Waals surface area contributed by atoms with E-state index < -0.39 is 0 Å². The van der Waals surface area contributed by atoms with Crippen molar-refractivity contribution >= 4 is 27.5 Å². The Morgan fingerprint density at radius 1 is 1.26 bits per heavy atom. The molecule has 0 radical (unpaired) electrons. The highest BCUT2D eigenvalue weighted by Crippen LogP contribution is 2.29. The lowest BCUT2D eigenvalue weighted by Crippen LogP contribution is -2.14. The molecule has 0 spiro atoms. The third-order valence-electron chi connectivity index (χ3n) is 2.99. The number of benzene rings is 2. The second-order valence-corrected chi connectivity index (χ2v) is 5.58. The molecule has 0 bridgehead atoms. The van der Waals surface area contributed by atoms with Gasteiger partial charge in [0.2, 0.25) is 0 Å². The number of hydrogen-bond acceptors (Lipinski definition) is 2. The summed E-state index contributed by atoms with van der Waals surface area (Å²) in [6.45, 7) is 0. The van der Waals surface area contributed by atoms with Gasteiger partial charge in [0.15, 0.2) is 0 Å². The van der Waals surface area contributed by atoms with Gasteiger partial charge in [-0.15, -0.1) is 0 Å². The van der Waals surface area contributed by atoms with Crippen molar-refractivity contribution in [3.05, 3.63) is 63.1 Å². The molecular formula is C15H15BrClNO. The minimum Gasteiger partial charge on any atom is -0.496 e. The maximum absolute atomic E-state index is 6.28. The molecule has 0 aliphatic carbocycles. The molecule has 2 aromatic rings. The minimum atomic E-state index is -0.135. The predicted molar refractivity (Wildman–Crippen MR) is 82.8 cm³/mol. The van der Waals surface area contributed by atoms with Crippen molar-refractivity contribution in [2.24, 2.45) is 5.73 Å². The average molecular weight is 341 g/mol. The summed E-state index contributed by atoms with van der Waals surface area (Å²) in [6, 6.07) is 13.4. The van der Waals surface area contributed by atoms with Crippen molar-refractivity contribution < 1.29 is 4.74 Å². The smallest absolute Gasteiger partial charge is 0.122 e. The second-order valence-electron chi connectivity index (χ2n) is 4.29. The van der Waals surface area contributed by atoms with E-state index in [1.54, 1.807) is 7.11 Å². The summed E-state index contributed by atoms with van der Waals surface area (Å²) in [6.07, 6.45) is 0.697. The van der Waals surface area contributed by atoms with Crippen molar-refractivity contribution in [3.63, 3.8) is 0 Å². The standard InChI is InChI=1S/C15H15BrClNO/c1-19-15-5-3-2-4-10(15)8-14(18)12-9-11(17)6-7-13(12)16/h2-7,9,14H,8,18H2,1H3. The van der Waals surface area contributed by atoms with Gasteiger partial charge in [0.05, 0.1) is 7.11 Å². The highest BCUT2D eigenvalue weighted by Gasteiger charge is 2.13. The van der Waals surface area contributed by atoms with E-state index in [-0.39, 0.29) is 6.04 Å². The number of nitrogens with two attached hydrogens (primary N) is 1. The Labute approximate surface area is 126 Å². The molecule has 100 valence electrons. The van der Waals surface area contributed by atoms with Crippen LogP contribution in [0.2, 0.25) is 5.02 Å². The van der Waals surface area contributed by atoms with Gasteiger partial charge < -0.3 is 10.5 Å². The van der Waals surface area contributed by atoms with Crippen molar-refractivity contribution in [2.45, 2.75) is 12.5 Å². The third-order valence-corrected chi connectivity index (χ3v) is 3.95. The summed E-state index contributed by atoms with van der Waals surface area (Å²) in [7, 11) is 1.67. The number of halogens is 2. The summed E-state index contributed by atoms with van der Waals surface area (Å²) in [4.78, 5) is 0. The lowest BCUT2D eigenvalue weighted by Gasteiger charge is -2.16. The Kier molecular flexibility index (Phi) is 4.86. The molecule has 0 aliphatic rings. The first-order chi connectivity index (χ1) is 9.11. The molecule has 2 nitrogen and oxygen atoms in total. The topological polar surface area (TPSA) is 35.2 Å². The number of hydrogen-bond donors (Lipinski definition) is 1. The van der Waals surface area contributed by atoms with E-state index in [2.05, 4.69) is 15.9 Å². The van der Waals surface area contributed by atoms with Gasteiger partial charge in [-0.1, -0.05) is 45.7 Å². The van der Waals surface area contributed by atoms with Crippen LogP contribution in [0.4, 0.5) is 0 Å². The van der Waals surface area contributed by atoms with Crippen LogP contribution in [0.3, 0.4) is 0 Å². The Morgan fingerprint density at radius 2 is 2.00 bits per heavy atom. The average Bonchev–Trinajstić information content (AvgIpc) is 2.42. The van der Waals surface area contributed by atoms with Crippen LogP contribution in [0.5, 0.6) is 5.75 Å². The van der Waals surface area contributed by atoms with Gasteiger partial charge in [0.1, 0.15) is 5.75 Å². The minimum absolute atomic E-state index is 0.135.